The fourth-order valence-electron chi connectivity index (χ4n) is 2.69. The fraction of sp³-hybridized carbons (Fsp3) is 0.143. The number of sulfonamides is 1. The summed E-state index contributed by atoms with van der Waals surface area (Å²) in [6.07, 6.45) is -3.37. The summed E-state index contributed by atoms with van der Waals surface area (Å²) in [5.74, 6) is -1.58. The van der Waals surface area contributed by atoms with Crippen LogP contribution in [0.3, 0.4) is 0 Å². The summed E-state index contributed by atoms with van der Waals surface area (Å²) >= 11 is 5.58. The van der Waals surface area contributed by atoms with Crippen LogP contribution in [-0.2, 0) is 32.3 Å². The minimum atomic E-state index is -4.76. The van der Waals surface area contributed by atoms with Crippen LogP contribution in [-0.4, -0.2) is 26.9 Å². The Labute approximate surface area is 196 Å². The number of ether oxygens (including phenoxy) is 1. The molecule has 34 heavy (non-hydrogen) atoms. The van der Waals surface area contributed by atoms with Gasteiger partial charge < -0.3 is 14.5 Å². The number of nitrogens with one attached hydrogen (secondary N) is 2. The van der Waals surface area contributed by atoms with Crippen molar-refractivity contribution in [3.05, 3.63) is 82.8 Å². The van der Waals surface area contributed by atoms with Gasteiger partial charge in [0.25, 0.3) is 5.91 Å². The van der Waals surface area contributed by atoms with Gasteiger partial charge in [-0.15, -0.1) is 0 Å². The molecule has 0 aliphatic heterocycles. The van der Waals surface area contributed by atoms with E-state index < -0.39 is 45.9 Å². The van der Waals surface area contributed by atoms with Crippen LogP contribution in [0, 0.1) is 0 Å². The zero-order valence-corrected chi connectivity index (χ0v) is 18.6. The number of rotatable bonds is 8. The van der Waals surface area contributed by atoms with E-state index in [1.54, 1.807) is 12.1 Å². The first-order valence-electron chi connectivity index (χ1n) is 9.41. The molecule has 0 unspecified atom stereocenters. The maximum Gasteiger partial charge on any atom is 0.418 e. The Morgan fingerprint density at radius 3 is 2.38 bits per heavy atom. The van der Waals surface area contributed by atoms with E-state index in [2.05, 4.69) is 4.72 Å². The molecule has 0 saturated carbocycles. The summed E-state index contributed by atoms with van der Waals surface area (Å²) in [7, 11) is -3.89. The Morgan fingerprint density at radius 1 is 1.06 bits per heavy atom. The van der Waals surface area contributed by atoms with Gasteiger partial charge in [0.2, 0.25) is 10.0 Å². The third-order valence-corrected chi connectivity index (χ3v) is 5.96. The van der Waals surface area contributed by atoms with Gasteiger partial charge in [-0.3, -0.25) is 4.79 Å². The minimum absolute atomic E-state index is 0.0692. The Balaban J connectivity index is 1.57. The van der Waals surface area contributed by atoms with Crippen LogP contribution < -0.4 is 10.0 Å². The van der Waals surface area contributed by atoms with Crippen molar-refractivity contribution in [3.63, 3.8) is 0 Å². The molecule has 1 amide bonds. The number of anilines is 1. The number of carbonyl (C=O) groups excluding carboxylic acids is 2. The van der Waals surface area contributed by atoms with Crippen molar-refractivity contribution >= 4 is 39.2 Å². The van der Waals surface area contributed by atoms with Gasteiger partial charge in [0.15, 0.2) is 6.61 Å². The van der Waals surface area contributed by atoms with Gasteiger partial charge in [0.05, 0.1) is 34.5 Å². The predicted molar refractivity (Wildman–Crippen MR) is 115 cm³/mol. The highest BCUT2D eigenvalue weighted by Crippen LogP contribution is 2.36. The number of esters is 1. The average molecular weight is 517 g/mol. The maximum atomic E-state index is 13.1. The summed E-state index contributed by atoms with van der Waals surface area (Å²) < 4.78 is 76.1. The monoisotopic (exact) mass is 516 g/mol. The number of hydrogen-bond donors (Lipinski definition) is 2. The minimum Gasteiger partial charge on any atom is -0.468 e. The number of furan rings is 1. The lowest BCUT2D eigenvalue weighted by Gasteiger charge is -2.14. The largest absolute Gasteiger partial charge is 0.468 e. The van der Waals surface area contributed by atoms with E-state index in [1.807, 2.05) is 5.32 Å². The first-order chi connectivity index (χ1) is 16.0. The summed E-state index contributed by atoms with van der Waals surface area (Å²) in [4.78, 5) is 24.0. The lowest BCUT2D eigenvalue weighted by atomic mass is 10.1. The average Bonchev–Trinajstić information content (AvgIpc) is 3.30. The Hall–Kier alpha value is -3.35. The molecule has 1 heterocycles. The van der Waals surface area contributed by atoms with E-state index >= 15 is 0 Å². The topological polar surface area (TPSA) is 115 Å². The predicted octanol–water partition coefficient (Wildman–Crippen LogP) is 4.23. The van der Waals surface area contributed by atoms with Crippen LogP contribution in [0.2, 0.25) is 5.02 Å². The molecule has 2 aromatic carbocycles. The van der Waals surface area contributed by atoms with E-state index in [-0.39, 0.29) is 22.0 Å². The number of benzene rings is 2. The van der Waals surface area contributed by atoms with Gasteiger partial charge in [0, 0.05) is 5.02 Å². The quantitative estimate of drug-likeness (QED) is 0.433. The maximum absolute atomic E-state index is 13.1. The number of amides is 1. The third kappa shape index (κ3) is 6.59. The lowest BCUT2D eigenvalue weighted by Crippen LogP contribution is -2.23. The highest BCUT2D eigenvalue weighted by Gasteiger charge is 2.34. The number of halogens is 4. The number of alkyl halides is 3. The van der Waals surface area contributed by atoms with Crippen molar-refractivity contribution in [1.82, 2.24) is 4.72 Å². The van der Waals surface area contributed by atoms with Crippen molar-refractivity contribution in [2.75, 3.05) is 11.9 Å². The van der Waals surface area contributed by atoms with E-state index in [4.69, 9.17) is 20.8 Å². The molecule has 0 radical (unpaired) electrons. The summed E-state index contributed by atoms with van der Waals surface area (Å²) in [5, 5.41) is 1.85. The molecule has 3 aromatic rings. The van der Waals surface area contributed by atoms with Crippen LogP contribution in [0.15, 0.2) is 70.2 Å². The van der Waals surface area contributed by atoms with Gasteiger partial charge in [-0.05, 0) is 54.6 Å². The second-order valence-electron chi connectivity index (χ2n) is 6.74. The Morgan fingerprint density at radius 2 is 1.76 bits per heavy atom. The molecule has 0 spiro atoms. The van der Waals surface area contributed by atoms with Crippen molar-refractivity contribution in [1.29, 1.82) is 0 Å². The van der Waals surface area contributed by atoms with Crippen molar-refractivity contribution in [2.24, 2.45) is 0 Å². The van der Waals surface area contributed by atoms with Gasteiger partial charge in [-0.2, -0.15) is 13.2 Å². The summed E-state index contributed by atoms with van der Waals surface area (Å²) in [6.45, 7) is -0.943. The molecule has 0 atom stereocenters. The molecule has 13 heteroatoms. The molecule has 0 bridgehead atoms. The summed E-state index contributed by atoms with van der Waals surface area (Å²) in [6, 6.07) is 10.6. The lowest BCUT2D eigenvalue weighted by molar-refractivity contribution is -0.137. The zero-order chi connectivity index (χ0) is 24.9. The molecular weight excluding hydrogens is 501 g/mol. The van der Waals surface area contributed by atoms with E-state index in [1.165, 1.54) is 18.4 Å². The molecule has 1 aromatic heterocycles. The van der Waals surface area contributed by atoms with Crippen molar-refractivity contribution < 1.29 is 40.3 Å². The second-order valence-corrected chi connectivity index (χ2v) is 8.94. The molecule has 0 saturated heterocycles. The van der Waals surface area contributed by atoms with Crippen LogP contribution in [0.1, 0.15) is 21.7 Å². The first kappa shape index (κ1) is 25.3. The Kier molecular flexibility index (Phi) is 7.64. The smallest absolute Gasteiger partial charge is 0.418 e. The number of carbonyl (C=O) groups is 2. The third-order valence-electron chi connectivity index (χ3n) is 4.31. The molecule has 180 valence electrons. The molecule has 2 N–H and O–H groups in total. The van der Waals surface area contributed by atoms with Gasteiger partial charge in [-0.25, -0.2) is 17.9 Å². The SMILES string of the molecule is O=C(COC(=O)c1ccc(S(=O)(=O)NCc2ccco2)cc1)Nc1ccc(Cl)cc1C(F)(F)F. The fourth-order valence-corrected chi connectivity index (χ4v) is 3.86. The molecule has 3 rings (SSSR count). The van der Waals surface area contributed by atoms with Crippen molar-refractivity contribution in [3.8, 4) is 0 Å². The van der Waals surface area contributed by atoms with Crippen LogP contribution in [0.4, 0.5) is 18.9 Å². The molecule has 0 aliphatic rings. The zero-order valence-electron chi connectivity index (χ0n) is 17.1. The molecule has 8 nitrogen and oxygen atoms in total. The van der Waals surface area contributed by atoms with E-state index in [9.17, 15) is 31.2 Å². The van der Waals surface area contributed by atoms with Gasteiger partial charge in [0.1, 0.15) is 5.76 Å². The van der Waals surface area contributed by atoms with Crippen LogP contribution >= 0.6 is 11.6 Å². The van der Waals surface area contributed by atoms with Gasteiger partial charge in [-0.1, -0.05) is 11.6 Å². The van der Waals surface area contributed by atoms with Crippen molar-refractivity contribution in [2.45, 2.75) is 17.6 Å². The van der Waals surface area contributed by atoms with E-state index in [0.29, 0.717) is 11.8 Å². The van der Waals surface area contributed by atoms with Crippen LogP contribution in [0.5, 0.6) is 0 Å². The molecule has 0 fully saturated rings. The highest BCUT2D eigenvalue weighted by atomic mass is 35.5. The number of hydrogen-bond acceptors (Lipinski definition) is 6. The summed E-state index contributed by atoms with van der Waals surface area (Å²) in [5.41, 5.74) is -1.77. The second kappa shape index (κ2) is 10.3. The van der Waals surface area contributed by atoms with Crippen LogP contribution in [0.25, 0.3) is 0 Å². The molecular formula is C21H16ClF3N2O6S. The normalized spacial score (nSPS) is 11.8. The first-order valence-corrected chi connectivity index (χ1v) is 11.3. The standard InChI is InChI=1S/C21H16ClF3N2O6S/c22-14-5-8-18(17(10-14)21(23,24)25)27-19(28)12-33-20(29)13-3-6-16(7-4-13)34(30,31)26-11-15-2-1-9-32-15/h1-10,26H,11-12H2,(H,27,28). The highest BCUT2D eigenvalue weighted by molar-refractivity contribution is 7.89. The van der Waals surface area contributed by atoms with Gasteiger partial charge >= 0.3 is 12.1 Å². The van der Waals surface area contributed by atoms with E-state index in [0.717, 1.165) is 24.3 Å². The Bertz CT molecular complexity index is 1280. The molecule has 0 aliphatic carbocycles.